The molecule has 148 valence electrons. The quantitative estimate of drug-likeness (QED) is 0.540. The van der Waals surface area contributed by atoms with Crippen molar-refractivity contribution in [3.8, 4) is 11.5 Å². The number of methoxy groups -OCH3 is 1. The van der Waals surface area contributed by atoms with Crippen molar-refractivity contribution in [3.05, 3.63) is 54.1 Å². The Balaban J connectivity index is 1.70. The highest BCUT2D eigenvalue weighted by Crippen LogP contribution is 2.17. The van der Waals surface area contributed by atoms with Gasteiger partial charge in [0.2, 0.25) is 5.91 Å². The normalized spacial score (nSPS) is 10.0. The molecule has 3 N–H and O–H groups in total. The van der Waals surface area contributed by atoms with Crippen LogP contribution >= 0.6 is 0 Å². The van der Waals surface area contributed by atoms with Crippen molar-refractivity contribution >= 4 is 23.5 Å². The number of rotatable bonds is 10. The molecule has 8 heteroatoms. The number of hydrogen-bond acceptors (Lipinski definition) is 5. The Morgan fingerprint density at radius 3 is 2.21 bits per heavy atom. The lowest BCUT2D eigenvalue weighted by molar-refractivity contribution is -0.135. The van der Waals surface area contributed by atoms with Crippen LogP contribution in [0.2, 0.25) is 0 Å². The Morgan fingerprint density at radius 2 is 1.61 bits per heavy atom. The van der Waals surface area contributed by atoms with Gasteiger partial charge in [0.15, 0.2) is 0 Å². The second-order valence-corrected chi connectivity index (χ2v) is 5.83. The third-order valence-electron chi connectivity index (χ3n) is 3.71. The molecular weight excluding hydrogens is 364 g/mol. The molecule has 0 unspecified atom stereocenters. The van der Waals surface area contributed by atoms with Gasteiger partial charge in [-0.3, -0.25) is 14.4 Å². The monoisotopic (exact) mass is 386 g/mol. The molecule has 0 aromatic heterocycles. The van der Waals surface area contributed by atoms with Gasteiger partial charge < -0.3 is 25.2 Å². The molecular formula is C20H22N2O6. The third-order valence-corrected chi connectivity index (χ3v) is 3.71. The molecule has 0 spiro atoms. The first-order valence-electron chi connectivity index (χ1n) is 8.64. The summed E-state index contributed by atoms with van der Waals surface area (Å²) in [7, 11) is 1.59. The molecule has 2 aromatic carbocycles. The van der Waals surface area contributed by atoms with Crippen molar-refractivity contribution in [3.63, 3.8) is 0 Å². The topological polar surface area (TPSA) is 114 Å². The molecule has 0 heterocycles. The maximum Gasteiger partial charge on any atom is 0.322 e. The number of carboxylic acid groups (broad SMARTS) is 1. The van der Waals surface area contributed by atoms with E-state index in [-0.39, 0.29) is 12.3 Å². The summed E-state index contributed by atoms with van der Waals surface area (Å²) in [5.74, 6) is -0.319. The van der Waals surface area contributed by atoms with E-state index in [2.05, 4.69) is 10.6 Å². The fraction of sp³-hybridized carbons (Fsp3) is 0.250. The van der Waals surface area contributed by atoms with Crippen LogP contribution in [0.4, 0.5) is 5.69 Å². The molecule has 0 aliphatic rings. The van der Waals surface area contributed by atoms with Crippen molar-refractivity contribution in [2.45, 2.75) is 12.8 Å². The fourth-order valence-corrected chi connectivity index (χ4v) is 2.28. The van der Waals surface area contributed by atoms with Crippen molar-refractivity contribution in [2.24, 2.45) is 0 Å². The van der Waals surface area contributed by atoms with Crippen LogP contribution in [-0.4, -0.2) is 43.2 Å². The summed E-state index contributed by atoms with van der Waals surface area (Å²) >= 11 is 0. The number of nitrogens with one attached hydrogen (secondary N) is 2. The molecule has 0 fully saturated rings. The highest BCUT2D eigenvalue weighted by atomic mass is 16.5. The van der Waals surface area contributed by atoms with Crippen LogP contribution in [0.1, 0.15) is 23.2 Å². The van der Waals surface area contributed by atoms with E-state index >= 15 is 0 Å². The van der Waals surface area contributed by atoms with E-state index in [0.29, 0.717) is 30.0 Å². The zero-order valence-electron chi connectivity index (χ0n) is 15.4. The Kier molecular flexibility index (Phi) is 7.83. The van der Waals surface area contributed by atoms with Gasteiger partial charge >= 0.3 is 5.97 Å². The van der Waals surface area contributed by atoms with Crippen LogP contribution in [-0.2, 0) is 9.59 Å². The first-order chi connectivity index (χ1) is 13.5. The smallest absolute Gasteiger partial charge is 0.322 e. The van der Waals surface area contributed by atoms with Crippen LogP contribution < -0.4 is 20.1 Å². The Bertz CT molecular complexity index is 802. The summed E-state index contributed by atoms with van der Waals surface area (Å²) in [5, 5.41) is 13.6. The van der Waals surface area contributed by atoms with E-state index in [0.717, 1.165) is 5.75 Å². The molecule has 0 radical (unpaired) electrons. The number of anilines is 1. The summed E-state index contributed by atoms with van der Waals surface area (Å²) in [6, 6.07) is 13.4. The Labute approximate surface area is 162 Å². The molecule has 2 aromatic rings. The van der Waals surface area contributed by atoms with Crippen molar-refractivity contribution in [1.82, 2.24) is 5.32 Å². The summed E-state index contributed by atoms with van der Waals surface area (Å²) in [4.78, 5) is 34.2. The zero-order valence-corrected chi connectivity index (χ0v) is 15.4. The number of carbonyl (C=O) groups is 3. The number of amides is 2. The van der Waals surface area contributed by atoms with Crippen molar-refractivity contribution in [2.75, 3.05) is 25.6 Å². The standard InChI is InChI=1S/C20H22N2O6/c1-27-16-8-10-17(11-9-16)28-12-2-3-18(23)22-15-6-4-14(5-7-15)20(26)21-13-19(24)25/h4-11H,2-3,12-13H2,1H3,(H,21,26)(H,22,23)(H,24,25). The predicted molar refractivity (Wildman–Crippen MR) is 103 cm³/mol. The van der Waals surface area contributed by atoms with E-state index in [1.807, 2.05) is 0 Å². The molecule has 0 saturated carbocycles. The lowest BCUT2D eigenvalue weighted by Crippen LogP contribution is -2.29. The molecule has 0 aliphatic carbocycles. The minimum atomic E-state index is -1.12. The predicted octanol–water partition coefficient (Wildman–Crippen LogP) is 2.31. The van der Waals surface area contributed by atoms with E-state index < -0.39 is 18.4 Å². The number of aliphatic carboxylic acids is 1. The highest BCUT2D eigenvalue weighted by molar-refractivity contribution is 5.97. The number of ether oxygens (including phenoxy) is 2. The minimum Gasteiger partial charge on any atom is -0.497 e. The number of carbonyl (C=O) groups excluding carboxylic acids is 2. The molecule has 0 atom stereocenters. The molecule has 0 saturated heterocycles. The number of hydrogen-bond donors (Lipinski definition) is 3. The fourth-order valence-electron chi connectivity index (χ4n) is 2.28. The van der Waals surface area contributed by atoms with Gasteiger partial charge in [-0.05, 0) is 55.0 Å². The van der Waals surface area contributed by atoms with Gasteiger partial charge in [-0.2, -0.15) is 0 Å². The zero-order chi connectivity index (χ0) is 20.4. The van der Waals surface area contributed by atoms with Gasteiger partial charge in [-0.25, -0.2) is 0 Å². The van der Waals surface area contributed by atoms with Crippen molar-refractivity contribution in [1.29, 1.82) is 0 Å². The maximum absolute atomic E-state index is 12.0. The van der Waals surface area contributed by atoms with Gasteiger partial charge in [0.05, 0.1) is 13.7 Å². The van der Waals surface area contributed by atoms with Crippen LogP contribution in [0.5, 0.6) is 11.5 Å². The highest BCUT2D eigenvalue weighted by Gasteiger charge is 2.08. The average Bonchev–Trinajstić information content (AvgIpc) is 2.70. The van der Waals surface area contributed by atoms with E-state index in [9.17, 15) is 14.4 Å². The average molecular weight is 386 g/mol. The Hall–Kier alpha value is -3.55. The summed E-state index contributed by atoms with van der Waals surface area (Å²) in [5.41, 5.74) is 0.864. The minimum absolute atomic E-state index is 0.165. The largest absolute Gasteiger partial charge is 0.497 e. The van der Waals surface area contributed by atoms with Crippen LogP contribution in [0.3, 0.4) is 0 Å². The lowest BCUT2D eigenvalue weighted by Gasteiger charge is -2.08. The molecule has 8 nitrogen and oxygen atoms in total. The first-order valence-corrected chi connectivity index (χ1v) is 8.64. The third kappa shape index (κ3) is 6.99. The molecule has 0 bridgehead atoms. The van der Waals surface area contributed by atoms with Gasteiger partial charge in [0.1, 0.15) is 18.0 Å². The molecule has 2 rings (SSSR count). The van der Waals surface area contributed by atoms with Crippen LogP contribution in [0.25, 0.3) is 0 Å². The van der Waals surface area contributed by atoms with Crippen LogP contribution in [0, 0.1) is 0 Å². The SMILES string of the molecule is COc1ccc(OCCCC(=O)Nc2ccc(C(=O)NCC(=O)O)cc2)cc1. The molecule has 0 aliphatic heterocycles. The van der Waals surface area contributed by atoms with Crippen LogP contribution in [0.15, 0.2) is 48.5 Å². The van der Waals surface area contributed by atoms with Gasteiger partial charge in [0, 0.05) is 17.7 Å². The van der Waals surface area contributed by atoms with Gasteiger partial charge in [-0.1, -0.05) is 0 Å². The maximum atomic E-state index is 12.0. The summed E-state index contributed by atoms with van der Waals surface area (Å²) in [6.45, 7) is -0.0433. The van der Waals surface area contributed by atoms with Gasteiger partial charge in [0.25, 0.3) is 5.91 Å². The summed E-state index contributed by atoms with van der Waals surface area (Å²) < 4.78 is 10.6. The first kappa shape index (κ1) is 20.8. The van der Waals surface area contributed by atoms with E-state index in [4.69, 9.17) is 14.6 Å². The number of carboxylic acids is 1. The van der Waals surface area contributed by atoms with Crippen molar-refractivity contribution < 1.29 is 29.0 Å². The van der Waals surface area contributed by atoms with E-state index in [1.54, 1.807) is 43.5 Å². The van der Waals surface area contributed by atoms with Gasteiger partial charge in [-0.15, -0.1) is 0 Å². The second-order valence-electron chi connectivity index (χ2n) is 5.83. The molecule has 28 heavy (non-hydrogen) atoms. The molecule has 2 amide bonds. The summed E-state index contributed by atoms with van der Waals surface area (Å²) in [6.07, 6.45) is 0.838. The second kappa shape index (κ2) is 10.6. The van der Waals surface area contributed by atoms with E-state index in [1.165, 1.54) is 12.1 Å². The number of benzene rings is 2. The Morgan fingerprint density at radius 1 is 0.964 bits per heavy atom. The lowest BCUT2D eigenvalue weighted by atomic mass is 10.2.